The third-order valence-electron chi connectivity index (χ3n) is 11.5. The van der Waals surface area contributed by atoms with Crippen LogP contribution in [0.15, 0.2) is 194 Å². The molecule has 0 amide bonds. The van der Waals surface area contributed by atoms with E-state index < -0.39 is 0 Å². The SMILES string of the molecule is c1ccc(-c2ccc(-c3nc(-c4ccccc4)nc(-n4c5ccc6ccccc6c5c5cccc(-c6ccc7sc8ccc9ccccc9c8c7c6)c54)n3)cc2)cc1. The second kappa shape index (κ2) is 13.1. The average molecular weight is 757 g/mol. The minimum absolute atomic E-state index is 0.576. The Morgan fingerprint density at radius 2 is 0.914 bits per heavy atom. The molecule has 0 unspecified atom stereocenters. The van der Waals surface area contributed by atoms with E-state index in [0.717, 1.165) is 44.2 Å². The first-order chi connectivity index (χ1) is 28.7. The van der Waals surface area contributed by atoms with Gasteiger partial charge >= 0.3 is 0 Å². The molecule has 9 aromatic carbocycles. The Bertz CT molecular complexity index is 3550. The number of rotatable bonds is 5. The van der Waals surface area contributed by atoms with Crippen LogP contribution in [0.3, 0.4) is 0 Å². The van der Waals surface area contributed by atoms with Crippen LogP contribution in [-0.2, 0) is 0 Å². The molecule has 5 heteroatoms. The van der Waals surface area contributed by atoms with E-state index in [1.807, 2.05) is 35.6 Å². The highest BCUT2D eigenvalue weighted by atomic mass is 32.1. The lowest BCUT2D eigenvalue weighted by Crippen LogP contribution is -2.07. The number of benzene rings is 9. The molecule has 0 saturated heterocycles. The van der Waals surface area contributed by atoms with Gasteiger partial charge in [-0.2, -0.15) is 9.97 Å². The summed E-state index contributed by atoms with van der Waals surface area (Å²) in [5, 5.41) is 9.84. The Morgan fingerprint density at radius 3 is 1.66 bits per heavy atom. The van der Waals surface area contributed by atoms with Crippen LogP contribution in [0.2, 0.25) is 0 Å². The first-order valence-corrected chi connectivity index (χ1v) is 20.3. The van der Waals surface area contributed by atoms with Gasteiger partial charge in [0.2, 0.25) is 5.95 Å². The van der Waals surface area contributed by atoms with Crippen LogP contribution >= 0.6 is 11.3 Å². The number of thiophene rings is 1. The van der Waals surface area contributed by atoms with Crippen molar-refractivity contribution >= 4 is 74.9 Å². The van der Waals surface area contributed by atoms with Crippen molar-refractivity contribution in [2.24, 2.45) is 0 Å². The summed E-state index contributed by atoms with van der Waals surface area (Å²) in [5.41, 5.74) is 8.54. The topological polar surface area (TPSA) is 43.6 Å². The van der Waals surface area contributed by atoms with Gasteiger partial charge in [-0.15, -0.1) is 11.3 Å². The van der Waals surface area contributed by atoms with Crippen LogP contribution < -0.4 is 0 Å². The van der Waals surface area contributed by atoms with Crippen molar-refractivity contribution in [3.63, 3.8) is 0 Å². The average Bonchev–Trinajstić information content (AvgIpc) is 3.86. The molecule has 0 saturated carbocycles. The van der Waals surface area contributed by atoms with Crippen LogP contribution in [0, 0.1) is 0 Å². The fraction of sp³-hybridized carbons (Fsp3) is 0. The van der Waals surface area contributed by atoms with E-state index in [4.69, 9.17) is 15.0 Å². The normalized spacial score (nSPS) is 11.8. The van der Waals surface area contributed by atoms with Crippen molar-refractivity contribution in [3.8, 4) is 51.0 Å². The largest absolute Gasteiger partial charge is 0.277 e. The van der Waals surface area contributed by atoms with Crippen molar-refractivity contribution in [2.45, 2.75) is 0 Å². The summed E-state index contributed by atoms with van der Waals surface area (Å²) in [5.74, 6) is 1.82. The van der Waals surface area contributed by atoms with Gasteiger partial charge in [0.25, 0.3) is 0 Å². The van der Waals surface area contributed by atoms with E-state index in [9.17, 15) is 0 Å². The Kier molecular flexibility index (Phi) is 7.37. The molecular formula is C53H32N4S. The van der Waals surface area contributed by atoms with Crippen LogP contribution in [0.1, 0.15) is 0 Å². The maximum Gasteiger partial charge on any atom is 0.238 e. The van der Waals surface area contributed by atoms with Gasteiger partial charge in [-0.25, -0.2) is 4.98 Å². The highest BCUT2D eigenvalue weighted by Gasteiger charge is 2.22. The van der Waals surface area contributed by atoms with Crippen LogP contribution in [-0.4, -0.2) is 19.5 Å². The lowest BCUT2D eigenvalue weighted by molar-refractivity contribution is 0.954. The number of hydrogen-bond donors (Lipinski definition) is 0. The summed E-state index contributed by atoms with van der Waals surface area (Å²) in [7, 11) is 0. The van der Waals surface area contributed by atoms with Crippen molar-refractivity contribution in [1.29, 1.82) is 0 Å². The molecule has 270 valence electrons. The first kappa shape index (κ1) is 32.7. The highest BCUT2D eigenvalue weighted by Crippen LogP contribution is 2.44. The molecule has 0 aliphatic rings. The van der Waals surface area contributed by atoms with Gasteiger partial charge in [-0.3, -0.25) is 4.57 Å². The summed E-state index contributed by atoms with van der Waals surface area (Å²) in [6, 6.07) is 69.1. The minimum Gasteiger partial charge on any atom is -0.277 e. The third-order valence-corrected chi connectivity index (χ3v) is 12.6. The molecule has 12 rings (SSSR count). The summed E-state index contributed by atoms with van der Waals surface area (Å²) in [6.45, 7) is 0. The second-order valence-electron chi connectivity index (χ2n) is 14.8. The number of fused-ring (bicyclic) bond motifs is 10. The molecule has 0 spiro atoms. The summed E-state index contributed by atoms with van der Waals surface area (Å²) in [6.07, 6.45) is 0. The Balaban J connectivity index is 1.15. The van der Waals surface area contributed by atoms with E-state index in [1.54, 1.807) is 0 Å². The molecule has 0 aliphatic carbocycles. The van der Waals surface area contributed by atoms with E-state index in [2.05, 4.69) is 174 Å². The molecule has 0 fully saturated rings. The molecule has 0 N–H and O–H groups in total. The van der Waals surface area contributed by atoms with Crippen molar-refractivity contribution in [3.05, 3.63) is 194 Å². The van der Waals surface area contributed by atoms with Gasteiger partial charge < -0.3 is 0 Å². The summed E-state index contributed by atoms with van der Waals surface area (Å²) >= 11 is 1.86. The van der Waals surface area contributed by atoms with Gasteiger partial charge in [0.15, 0.2) is 11.6 Å². The molecule has 0 bridgehead atoms. The molecule has 0 atom stereocenters. The zero-order chi connectivity index (χ0) is 38.2. The highest BCUT2D eigenvalue weighted by molar-refractivity contribution is 7.26. The van der Waals surface area contributed by atoms with Crippen molar-refractivity contribution in [1.82, 2.24) is 19.5 Å². The Morgan fingerprint density at radius 1 is 0.362 bits per heavy atom. The predicted molar refractivity (Wildman–Crippen MR) is 244 cm³/mol. The standard InChI is InChI=1S/C53H32N4S/c1-3-12-33(13-4-1)34-22-24-38(25-23-34)52-54-51(37-16-5-2-6-17-37)55-53(56-52)57-45-29-26-35-14-7-9-18-40(35)48(45)43-21-11-20-42(50(43)57)39-28-30-46-44(32-39)49-41-19-10-8-15-36(41)27-31-47(49)58-46/h1-32H. The lowest BCUT2D eigenvalue weighted by Gasteiger charge is -2.13. The lowest BCUT2D eigenvalue weighted by atomic mass is 9.97. The van der Waals surface area contributed by atoms with E-state index in [0.29, 0.717) is 17.6 Å². The first-order valence-electron chi connectivity index (χ1n) is 19.5. The molecule has 0 radical (unpaired) electrons. The zero-order valence-corrected chi connectivity index (χ0v) is 32.0. The Hall–Kier alpha value is -7.47. The van der Waals surface area contributed by atoms with Gasteiger partial charge in [0.05, 0.1) is 11.0 Å². The zero-order valence-electron chi connectivity index (χ0n) is 31.2. The monoisotopic (exact) mass is 756 g/mol. The van der Waals surface area contributed by atoms with Crippen molar-refractivity contribution in [2.75, 3.05) is 0 Å². The number of aromatic nitrogens is 4. The van der Waals surface area contributed by atoms with Crippen LogP contribution in [0.4, 0.5) is 0 Å². The quantitative estimate of drug-likeness (QED) is 0.176. The summed E-state index contributed by atoms with van der Waals surface area (Å²) in [4.78, 5) is 15.8. The van der Waals surface area contributed by atoms with E-state index in [1.165, 1.54) is 52.7 Å². The van der Waals surface area contributed by atoms with Gasteiger partial charge in [0.1, 0.15) is 0 Å². The fourth-order valence-electron chi connectivity index (χ4n) is 8.74. The van der Waals surface area contributed by atoms with Gasteiger partial charge in [-0.05, 0) is 62.5 Å². The molecule has 58 heavy (non-hydrogen) atoms. The van der Waals surface area contributed by atoms with Gasteiger partial charge in [0, 0.05) is 47.6 Å². The maximum atomic E-state index is 5.35. The predicted octanol–water partition coefficient (Wildman–Crippen LogP) is 14.3. The van der Waals surface area contributed by atoms with E-state index >= 15 is 0 Å². The van der Waals surface area contributed by atoms with E-state index in [-0.39, 0.29) is 0 Å². The van der Waals surface area contributed by atoms with Crippen molar-refractivity contribution < 1.29 is 0 Å². The number of hydrogen-bond acceptors (Lipinski definition) is 4. The smallest absolute Gasteiger partial charge is 0.238 e. The molecule has 0 aliphatic heterocycles. The maximum absolute atomic E-state index is 5.35. The Labute approximate surface area is 338 Å². The van der Waals surface area contributed by atoms with Crippen LogP contribution in [0.25, 0.3) is 115 Å². The fourth-order valence-corrected chi connectivity index (χ4v) is 9.85. The minimum atomic E-state index is 0.576. The molecular weight excluding hydrogens is 725 g/mol. The molecule has 12 aromatic rings. The molecule has 3 aromatic heterocycles. The van der Waals surface area contributed by atoms with Crippen LogP contribution in [0.5, 0.6) is 0 Å². The van der Waals surface area contributed by atoms with Gasteiger partial charge in [-0.1, -0.05) is 170 Å². The number of para-hydroxylation sites is 1. The third kappa shape index (κ3) is 5.18. The second-order valence-corrected chi connectivity index (χ2v) is 15.9. The molecule has 3 heterocycles. The number of nitrogens with zero attached hydrogens (tertiary/aromatic N) is 4. The summed E-state index contributed by atoms with van der Waals surface area (Å²) < 4.78 is 4.85. The molecule has 4 nitrogen and oxygen atoms in total.